The number of amides is 1. The molecule has 0 aliphatic carbocycles. The summed E-state index contributed by atoms with van der Waals surface area (Å²) in [5.41, 5.74) is 0.769. The first-order valence-corrected chi connectivity index (χ1v) is 8.07. The number of likely N-dealkylation sites (N-methyl/N-ethyl adjacent to an activating group) is 1. The molecule has 0 heterocycles. The number of hydrogen-bond donors (Lipinski definition) is 2. The van der Waals surface area contributed by atoms with E-state index < -0.39 is 0 Å². The lowest BCUT2D eigenvalue weighted by molar-refractivity contribution is -0.127. The van der Waals surface area contributed by atoms with Crippen LogP contribution >= 0.6 is 24.0 Å². The molecule has 2 N–H and O–H groups in total. The Hall–Kier alpha value is -1.75. The molecule has 8 nitrogen and oxygen atoms in total. The molecule has 1 rings (SSSR count). The number of anilines is 1. The number of halogens is 1. The minimum Gasteiger partial charge on any atom is -0.493 e. The molecule has 0 atom stereocenters. The Morgan fingerprint density at radius 1 is 1.23 bits per heavy atom. The zero-order chi connectivity index (χ0) is 18.7. The van der Waals surface area contributed by atoms with Crippen LogP contribution in [0.25, 0.3) is 0 Å². The number of nitrogens with zero attached hydrogens (tertiary/aromatic N) is 2. The van der Waals surface area contributed by atoms with Gasteiger partial charge in [-0.25, -0.2) is 4.99 Å². The third-order valence-electron chi connectivity index (χ3n) is 3.20. The van der Waals surface area contributed by atoms with Crippen LogP contribution in [0.15, 0.2) is 23.2 Å². The molecule has 0 unspecified atom stereocenters. The third-order valence-corrected chi connectivity index (χ3v) is 3.20. The Balaban J connectivity index is 0.00000625. The van der Waals surface area contributed by atoms with E-state index >= 15 is 0 Å². The summed E-state index contributed by atoms with van der Waals surface area (Å²) in [5, 5.41) is 6.27. The second kappa shape index (κ2) is 13.5. The van der Waals surface area contributed by atoms with Crippen molar-refractivity contribution in [2.75, 3.05) is 59.9 Å². The Bertz CT molecular complexity index is 582. The third kappa shape index (κ3) is 8.56. The first kappa shape index (κ1) is 24.2. The number of methoxy groups -OCH3 is 2. The normalized spacial score (nSPS) is 10.6. The van der Waals surface area contributed by atoms with Gasteiger partial charge in [-0.2, -0.15) is 0 Å². The highest BCUT2D eigenvalue weighted by Gasteiger charge is 2.08. The Morgan fingerprint density at radius 3 is 2.54 bits per heavy atom. The lowest BCUT2D eigenvalue weighted by atomic mass is 10.2. The molecule has 0 fully saturated rings. The van der Waals surface area contributed by atoms with E-state index in [0.29, 0.717) is 37.2 Å². The molecule has 9 heteroatoms. The molecule has 148 valence electrons. The van der Waals surface area contributed by atoms with Gasteiger partial charge in [0.25, 0.3) is 0 Å². The molecule has 1 aromatic rings. The van der Waals surface area contributed by atoms with E-state index in [4.69, 9.17) is 14.2 Å². The average Bonchev–Trinajstić information content (AvgIpc) is 2.59. The van der Waals surface area contributed by atoms with Crippen LogP contribution in [0.2, 0.25) is 0 Å². The number of carbonyl (C=O) groups excluding carboxylic acids is 1. The number of carbonyl (C=O) groups is 1. The summed E-state index contributed by atoms with van der Waals surface area (Å²) in [6.07, 6.45) is 0. The van der Waals surface area contributed by atoms with Crippen molar-refractivity contribution >= 4 is 41.5 Å². The van der Waals surface area contributed by atoms with Crippen LogP contribution in [0.3, 0.4) is 0 Å². The number of benzene rings is 1. The molecular weight excluding hydrogens is 451 g/mol. The maximum atomic E-state index is 11.8. The predicted molar refractivity (Wildman–Crippen MR) is 114 cm³/mol. The number of guanidine groups is 1. The highest BCUT2D eigenvalue weighted by Crippen LogP contribution is 2.30. The molecular formula is C17H29IN4O4. The first-order chi connectivity index (χ1) is 12.0. The topological polar surface area (TPSA) is 84.4 Å². The lowest BCUT2D eigenvalue weighted by Gasteiger charge is -2.15. The SMILES string of the molecule is CCOc1cc(NC(=NCC(=O)N(C)C)NCCOC)ccc1OC.I. The quantitative estimate of drug-likeness (QED) is 0.243. The molecule has 0 aromatic heterocycles. The molecule has 0 aliphatic heterocycles. The van der Waals surface area contributed by atoms with Gasteiger partial charge in [-0.05, 0) is 19.1 Å². The highest BCUT2D eigenvalue weighted by molar-refractivity contribution is 14.0. The summed E-state index contributed by atoms with van der Waals surface area (Å²) in [5.74, 6) is 1.69. The van der Waals surface area contributed by atoms with E-state index in [0.717, 1.165) is 5.69 Å². The van der Waals surface area contributed by atoms with Crippen LogP contribution in [0.1, 0.15) is 6.92 Å². The summed E-state index contributed by atoms with van der Waals surface area (Å²) in [6, 6.07) is 5.48. The van der Waals surface area contributed by atoms with Crippen molar-refractivity contribution in [1.29, 1.82) is 0 Å². The fraction of sp³-hybridized carbons (Fsp3) is 0.529. The zero-order valence-corrected chi connectivity index (χ0v) is 18.3. The number of rotatable bonds is 9. The van der Waals surface area contributed by atoms with Gasteiger partial charge >= 0.3 is 0 Å². The van der Waals surface area contributed by atoms with Crippen molar-refractivity contribution in [3.63, 3.8) is 0 Å². The average molecular weight is 480 g/mol. The molecule has 0 spiro atoms. The summed E-state index contributed by atoms with van der Waals surface area (Å²) in [4.78, 5) is 17.6. The molecule has 0 saturated carbocycles. The largest absolute Gasteiger partial charge is 0.493 e. The molecule has 0 bridgehead atoms. The predicted octanol–water partition coefficient (Wildman–Crippen LogP) is 1.80. The van der Waals surface area contributed by atoms with Gasteiger partial charge in [0.15, 0.2) is 17.5 Å². The lowest BCUT2D eigenvalue weighted by Crippen LogP contribution is -2.35. The van der Waals surface area contributed by atoms with Crippen LogP contribution < -0.4 is 20.1 Å². The van der Waals surface area contributed by atoms with Gasteiger partial charge in [0.05, 0.1) is 20.3 Å². The number of aliphatic imine (C=N–C) groups is 1. The van der Waals surface area contributed by atoms with E-state index in [-0.39, 0.29) is 36.4 Å². The summed E-state index contributed by atoms with van der Waals surface area (Å²) >= 11 is 0. The van der Waals surface area contributed by atoms with Gasteiger partial charge in [-0.15, -0.1) is 24.0 Å². The van der Waals surface area contributed by atoms with Crippen molar-refractivity contribution in [3.8, 4) is 11.5 Å². The molecule has 26 heavy (non-hydrogen) atoms. The fourth-order valence-corrected chi connectivity index (χ4v) is 1.86. The van der Waals surface area contributed by atoms with Gasteiger partial charge in [0.2, 0.25) is 5.91 Å². The van der Waals surface area contributed by atoms with Gasteiger partial charge in [0.1, 0.15) is 6.54 Å². The Morgan fingerprint density at radius 2 is 1.96 bits per heavy atom. The van der Waals surface area contributed by atoms with Gasteiger partial charge in [-0.1, -0.05) is 0 Å². The number of hydrogen-bond acceptors (Lipinski definition) is 5. The van der Waals surface area contributed by atoms with Gasteiger partial charge in [-0.3, -0.25) is 4.79 Å². The van der Waals surface area contributed by atoms with Crippen LogP contribution in [0.5, 0.6) is 11.5 Å². The van der Waals surface area contributed by atoms with E-state index in [1.807, 2.05) is 25.1 Å². The van der Waals surface area contributed by atoms with Crippen LogP contribution in [0.4, 0.5) is 5.69 Å². The van der Waals surface area contributed by atoms with Crippen molar-refractivity contribution in [3.05, 3.63) is 18.2 Å². The van der Waals surface area contributed by atoms with Crippen LogP contribution in [-0.4, -0.2) is 71.4 Å². The second-order valence-electron chi connectivity index (χ2n) is 5.30. The monoisotopic (exact) mass is 480 g/mol. The number of nitrogens with one attached hydrogen (secondary N) is 2. The van der Waals surface area contributed by atoms with Gasteiger partial charge < -0.3 is 29.7 Å². The van der Waals surface area contributed by atoms with Crippen molar-refractivity contribution in [2.45, 2.75) is 6.92 Å². The summed E-state index contributed by atoms with van der Waals surface area (Å²) in [7, 11) is 6.61. The van der Waals surface area contributed by atoms with Crippen LogP contribution in [0, 0.1) is 0 Å². The van der Waals surface area contributed by atoms with Crippen molar-refractivity contribution in [1.82, 2.24) is 10.2 Å². The van der Waals surface area contributed by atoms with E-state index in [1.54, 1.807) is 28.3 Å². The first-order valence-electron chi connectivity index (χ1n) is 8.07. The Kier molecular flexibility index (Phi) is 12.5. The Labute approximate surface area is 172 Å². The molecule has 0 radical (unpaired) electrons. The van der Waals surface area contributed by atoms with E-state index in [2.05, 4.69) is 15.6 Å². The van der Waals surface area contributed by atoms with E-state index in [1.165, 1.54) is 4.90 Å². The van der Waals surface area contributed by atoms with Crippen molar-refractivity contribution < 1.29 is 19.0 Å². The maximum absolute atomic E-state index is 11.8. The zero-order valence-electron chi connectivity index (χ0n) is 16.0. The van der Waals surface area contributed by atoms with E-state index in [9.17, 15) is 4.79 Å². The van der Waals surface area contributed by atoms with Gasteiger partial charge in [0, 0.05) is 39.5 Å². The minimum absolute atomic E-state index is 0. The molecule has 0 aliphatic rings. The highest BCUT2D eigenvalue weighted by atomic mass is 127. The van der Waals surface area contributed by atoms with Crippen LogP contribution in [-0.2, 0) is 9.53 Å². The molecule has 1 aromatic carbocycles. The molecule has 1 amide bonds. The minimum atomic E-state index is -0.0856. The number of ether oxygens (including phenoxy) is 3. The second-order valence-corrected chi connectivity index (χ2v) is 5.30. The summed E-state index contributed by atoms with van der Waals surface area (Å²) in [6.45, 7) is 3.57. The standard InChI is InChI=1S/C17H28N4O4.HI/c1-6-25-15-11-13(7-8-14(15)24-5)20-17(18-9-10-23-4)19-12-16(22)21(2)3;/h7-8,11H,6,9-10,12H2,1-5H3,(H2,18,19,20);1H. The maximum Gasteiger partial charge on any atom is 0.243 e. The van der Waals surface area contributed by atoms with Crippen molar-refractivity contribution in [2.24, 2.45) is 4.99 Å². The summed E-state index contributed by atoms with van der Waals surface area (Å²) < 4.78 is 15.9. The fourth-order valence-electron chi connectivity index (χ4n) is 1.86. The smallest absolute Gasteiger partial charge is 0.243 e. The molecule has 0 saturated heterocycles.